The first-order chi connectivity index (χ1) is 7.81. The molecule has 4 nitrogen and oxygen atoms in total. The minimum Gasteiger partial charge on any atom is -0.329 e. The highest BCUT2D eigenvalue weighted by Gasteiger charge is 2.27. The fraction of sp³-hybridized carbons (Fsp3) is 0.556. The van der Waals surface area contributed by atoms with Gasteiger partial charge in [0, 0.05) is 4.88 Å². The van der Waals surface area contributed by atoms with Crippen molar-refractivity contribution in [2.75, 3.05) is 11.9 Å². The van der Waals surface area contributed by atoms with Crippen LogP contribution in [0.3, 0.4) is 0 Å². The molecule has 96 valence electrons. The van der Waals surface area contributed by atoms with Gasteiger partial charge in [0.2, 0.25) is 0 Å². The van der Waals surface area contributed by atoms with E-state index in [9.17, 15) is 18.0 Å². The predicted octanol–water partition coefficient (Wildman–Crippen LogP) is 2.70. The SMILES string of the molecule is CCc1nc(NC(=O)NCC(F)(F)F)sc1C. The van der Waals surface area contributed by atoms with Gasteiger partial charge < -0.3 is 5.32 Å². The maximum absolute atomic E-state index is 11.8. The maximum atomic E-state index is 11.8. The van der Waals surface area contributed by atoms with Gasteiger partial charge in [0.1, 0.15) is 6.54 Å². The molecule has 0 spiro atoms. The zero-order chi connectivity index (χ0) is 13.1. The molecule has 2 N–H and O–H groups in total. The Morgan fingerprint density at radius 3 is 2.59 bits per heavy atom. The van der Waals surface area contributed by atoms with Crippen molar-refractivity contribution in [3.63, 3.8) is 0 Å². The van der Waals surface area contributed by atoms with Gasteiger partial charge in [-0.15, -0.1) is 11.3 Å². The topological polar surface area (TPSA) is 54.0 Å². The number of aryl methyl sites for hydroxylation is 2. The third-order valence-electron chi connectivity index (χ3n) is 1.90. The predicted molar refractivity (Wildman–Crippen MR) is 59.3 cm³/mol. The standard InChI is InChI=1S/C9H12F3N3OS/c1-3-6-5(2)17-8(14-6)15-7(16)13-4-9(10,11)12/h3-4H2,1-2H3,(H2,13,14,15,16). The van der Waals surface area contributed by atoms with Crippen molar-refractivity contribution in [3.05, 3.63) is 10.6 Å². The number of aromatic nitrogens is 1. The Morgan fingerprint density at radius 2 is 2.12 bits per heavy atom. The molecule has 0 atom stereocenters. The summed E-state index contributed by atoms with van der Waals surface area (Å²) in [5.41, 5.74) is 0.834. The smallest absolute Gasteiger partial charge is 0.329 e. The fourth-order valence-electron chi connectivity index (χ4n) is 1.13. The highest BCUT2D eigenvalue weighted by Crippen LogP contribution is 2.22. The van der Waals surface area contributed by atoms with Crippen molar-refractivity contribution in [1.29, 1.82) is 0 Å². The van der Waals surface area contributed by atoms with Gasteiger partial charge in [0.15, 0.2) is 5.13 Å². The average molecular weight is 267 g/mol. The average Bonchev–Trinajstić information content (AvgIpc) is 2.55. The first kappa shape index (κ1) is 13.8. The summed E-state index contributed by atoms with van der Waals surface area (Å²) < 4.78 is 35.5. The van der Waals surface area contributed by atoms with Gasteiger partial charge in [-0.25, -0.2) is 9.78 Å². The molecule has 0 saturated heterocycles. The number of nitrogens with zero attached hydrogens (tertiary/aromatic N) is 1. The first-order valence-electron chi connectivity index (χ1n) is 4.89. The van der Waals surface area contributed by atoms with Gasteiger partial charge in [0.25, 0.3) is 0 Å². The minimum absolute atomic E-state index is 0.305. The molecule has 17 heavy (non-hydrogen) atoms. The lowest BCUT2D eigenvalue weighted by atomic mass is 10.3. The van der Waals surface area contributed by atoms with Crippen LogP contribution in [-0.2, 0) is 6.42 Å². The Hall–Kier alpha value is -1.31. The second-order valence-electron chi connectivity index (χ2n) is 3.30. The van der Waals surface area contributed by atoms with Gasteiger partial charge in [-0.3, -0.25) is 5.32 Å². The molecule has 2 amide bonds. The Bertz CT molecular complexity index is 403. The van der Waals surface area contributed by atoms with Crippen molar-refractivity contribution >= 4 is 22.5 Å². The molecule has 0 saturated carbocycles. The normalized spacial score (nSPS) is 11.4. The van der Waals surface area contributed by atoms with Crippen molar-refractivity contribution in [3.8, 4) is 0 Å². The molecule has 0 aromatic carbocycles. The van der Waals surface area contributed by atoms with E-state index in [-0.39, 0.29) is 0 Å². The second kappa shape index (κ2) is 5.35. The van der Waals surface area contributed by atoms with Crippen molar-refractivity contribution < 1.29 is 18.0 Å². The maximum Gasteiger partial charge on any atom is 0.405 e. The number of urea groups is 1. The van der Waals surface area contributed by atoms with Crippen LogP contribution in [0.5, 0.6) is 0 Å². The van der Waals surface area contributed by atoms with Crippen molar-refractivity contribution in [2.24, 2.45) is 0 Å². The number of amides is 2. The van der Waals surface area contributed by atoms with E-state index < -0.39 is 18.8 Å². The van der Waals surface area contributed by atoms with Crippen LogP contribution in [0.25, 0.3) is 0 Å². The number of halogens is 3. The van der Waals surface area contributed by atoms with E-state index in [1.54, 1.807) is 5.32 Å². The third-order valence-corrected chi connectivity index (χ3v) is 2.83. The van der Waals surface area contributed by atoms with Crippen LogP contribution in [0.15, 0.2) is 0 Å². The molecule has 0 aliphatic heterocycles. The number of nitrogens with one attached hydrogen (secondary N) is 2. The number of carbonyl (C=O) groups is 1. The van der Waals surface area contributed by atoms with Crippen LogP contribution in [0.1, 0.15) is 17.5 Å². The van der Waals surface area contributed by atoms with Crippen LogP contribution in [0.4, 0.5) is 23.1 Å². The van der Waals surface area contributed by atoms with Gasteiger partial charge in [-0.1, -0.05) is 6.92 Å². The highest BCUT2D eigenvalue weighted by molar-refractivity contribution is 7.15. The molecule has 0 fully saturated rings. The number of hydrogen-bond acceptors (Lipinski definition) is 3. The summed E-state index contributed by atoms with van der Waals surface area (Å²) in [6.07, 6.45) is -3.70. The van der Waals surface area contributed by atoms with E-state index >= 15 is 0 Å². The van der Waals surface area contributed by atoms with E-state index in [4.69, 9.17) is 0 Å². The second-order valence-corrected chi connectivity index (χ2v) is 4.50. The summed E-state index contributed by atoms with van der Waals surface area (Å²) in [5.74, 6) is 0. The molecule has 0 aliphatic carbocycles. The molecule has 8 heteroatoms. The highest BCUT2D eigenvalue weighted by atomic mass is 32.1. The van der Waals surface area contributed by atoms with Crippen molar-refractivity contribution in [2.45, 2.75) is 26.4 Å². The van der Waals surface area contributed by atoms with E-state index in [1.807, 2.05) is 13.8 Å². The number of rotatable bonds is 3. The summed E-state index contributed by atoms with van der Waals surface area (Å²) in [4.78, 5) is 16.1. The molecule has 0 radical (unpaired) electrons. The van der Waals surface area contributed by atoms with Crippen LogP contribution >= 0.6 is 11.3 Å². The molecule has 1 rings (SSSR count). The van der Waals surface area contributed by atoms with Gasteiger partial charge in [-0.2, -0.15) is 13.2 Å². The van der Waals surface area contributed by atoms with E-state index in [0.29, 0.717) is 11.6 Å². The molecule has 1 aromatic rings. The van der Waals surface area contributed by atoms with Gasteiger partial charge in [-0.05, 0) is 13.3 Å². The van der Waals surface area contributed by atoms with Crippen LogP contribution in [-0.4, -0.2) is 23.7 Å². The number of thiazole rings is 1. The Labute approximate surface area is 100 Å². The Morgan fingerprint density at radius 1 is 1.47 bits per heavy atom. The van der Waals surface area contributed by atoms with Crippen molar-refractivity contribution in [1.82, 2.24) is 10.3 Å². The number of anilines is 1. The number of carbonyl (C=O) groups excluding carboxylic acids is 1. The van der Waals surface area contributed by atoms with E-state index in [0.717, 1.165) is 10.6 Å². The number of alkyl halides is 3. The molecular formula is C9H12F3N3OS. The molecule has 0 unspecified atom stereocenters. The zero-order valence-electron chi connectivity index (χ0n) is 9.31. The summed E-state index contributed by atoms with van der Waals surface area (Å²) in [6, 6.07) is -0.904. The lowest BCUT2D eigenvalue weighted by Crippen LogP contribution is -2.36. The Balaban J connectivity index is 2.50. The summed E-state index contributed by atoms with van der Waals surface area (Å²) >= 11 is 1.24. The summed E-state index contributed by atoms with van der Waals surface area (Å²) in [7, 11) is 0. The van der Waals surface area contributed by atoms with E-state index in [2.05, 4.69) is 10.3 Å². The number of hydrogen-bond donors (Lipinski definition) is 2. The lowest BCUT2D eigenvalue weighted by molar-refractivity contribution is -0.122. The molecule has 0 bridgehead atoms. The zero-order valence-corrected chi connectivity index (χ0v) is 10.1. The lowest BCUT2D eigenvalue weighted by Gasteiger charge is -2.07. The fourth-order valence-corrected chi connectivity index (χ4v) is 2.03. The Kier molecular flexibility index (Phi) is 4.33. The molecular weight excluding hydrogens is 255 g/mol. The molecule has 1 heterocycles. The van der Waals surface area contributed by atoms with Gasteiger partial charge in [0.05, 0.1) is 5.69 Å². The molecule has 0 aliphatic rings. The monoisotopic (exact) mass is 267 g/mol. The van der Waals surface area contributed by atoms with Crippen LogP contribution in [0.2, 0.25) is 0 Å². The molecule has 1 aromatic heterocycles. The van der Waals surface area contributed by atoms with E-state index in [1.165, 1.54) is 11.3 Å². The summed E-state index contributed by atoms with van der Waals surface area (Å²) in [5, 5.41) is 4.28. The summed E-state index contributed by atoms with van der Waals surface area (Å²) in [6.45, 7) is 2.40. The quantitative estimate of drug-likeness (QED) is 0.884. The van der Waals surface area contributed by atoms with Crippen LogP contribution in [0, 0.1) is 6.92 Å². The van der Waals surface area contributed by atoms with Crippen LogP contribution < -0.4 is 10.6 Å². The first-order valence-corrected chi connectivity index (χ1v) is 5.71. The minimum atomic E-state index is -4.41. The third kappa shape index (κ3) is 4.59. The largest absolute Gasteiger partial charge is 0.405 e. The van der Waals surface area contributed by atoms with Gasteiger partial charge >= 0.3 is 12.2 Å².